The number of hydrogen-bond donors (Lipinski definition) is 1. The second-order valence-corrected chi connectivity index (χ2v) is 5.70. The predicted molar refractivity (Wildman–Crippen MR) is 82.0 cm³/mol. The number of benzene rings is 2. The third-order valence-electron chi connectivity index (χ3n) is 3.01. The summed E-state index contributed by atoms with van der Waals surface area (Å²) >= 11 is 3.03. The summed E-state index contributed by atoms with van der Waals surface area (Å²) in [6.07, 6.45) is -7.34. The number of phenols is 1. The van der Waals surface area contributed by atoms with Crippen LogP contribution in [-0.2, 0) is 12.4 Å². The van der Waals surface area contributed by atoms with E-state index in [1.54, 1.807) is 0 Å². The van der Waals surface area contributed by atoms with Crippen molar-refractivity contribution in [2.75, 3.05) is 0 Å². The smallest absolute Gasteiger partial charge is 0.416 e. The molecule has 1 heterocycles. The minimum atomic E-state index is -4.38. The first-order valence-electron chi connectivity index (χ1n) is 6.58. The zero-order valence-corrected chi connectivity index (χ0v) is 13.7. The Bertz CT molecular complexity index is 867. The van der Waals surface area contributed by atoms with Crippen molar-refractivity contribution in [3.63, 3.8) is 0 Å². The lowest BCUT2D eigenvalue weighted by Gasteiger charge is -2.06. The molecule has 134 valence electrons. The normalized spacial score (nSPS) is 12.0. The Morgan fingerprint density at radius 2 is 1.48 bits per heavy atom. The van der Waals surface area contributed by atoms with Gasteiger partial charge in [0, 0.05) is 5.39 Å². The van der Waals surface area contributed by atoms with Gasteiger partial charge in [-0.05, 0) is 52.3 Å². The summed E-state index contributed by atoms with van der Waals surface area (Å²) in [5.41, 5.74) is -1.09. The highest BCUT2D eigenvalue weighted by molar-refractivity contribution is 9.10. The molecular weight excluding hydrogens is 418 g/mol. The van der Waals surface area contributed by atoms with Crippen LogP contribution in [-0.4, -0.2) is 5.11 Å². The van der Waals surface area contributed by atoms with Gasteiger partial charge in [0.15, 0.2) is 0 Å². The molecule has 1 aromatic heterocycles. The molecule has 0 aliphatic rings. The van der Waals surface area contributed by atoms with Crippen LogP contribution in [0.1, 0.15) is 11.1 Å². The molecule has 0 saturated carbocycles. The third-order valence-corrected chi connectivity index (χ3v) is 3.60. The topological polar surface area (TPSA) is 33.4 Å². The number of furan rings is 1. The van der Waals surface area contributed by atoms with Gasteiger partial charge in [-0.15, -0.1) is 0 Å². The summed E-state index contributed by atoms with van der Waals surface area (Å²) in [5.74, 6) is -0.375. The van der Waals surface area contributed by atoms with Crippen LogP contribution >= 0.6 is 15.9 Å². The maximum Gasteiger partial charge on any atom is 0.416 e. The fourth-order valence-electron chi connectivity index (χ4n) is 1.88. The van der Waals surface area contributed by atoms with E-state index in [9.17, 15) is 26.3 Å². The Labute approximate surface area is 145 Å². The molecule has 0 saturated heterocycles. The highest BCUT2D eigenvalue weighted by Gasteiger charge is 2.31. The van der Waals surface area contributed by atoms with Crippen molar-refractivity contribution in [3.05, 3.63) is 64.3 Å². The number of halogens is 7. The molecule has 0 radical (unpaired) electrons. The third kappa shape index (κ3) is 4.91. The van der Waals surface area contributed by atoms with Crippen molar-refractivity contribution >= 4 is 26.9 Å². The van der Waals surface area contributed by atoms with Gasteiger partial charge >= 0.3 is 12.4 Å². The second kappa shape index (κ2) is 6.99. The van der Waals surface area contributed by atoms with E-state index in [2.05, 4.69) is 15.9 Å². The van der Waals surface area contributed by atoms with Crippen LogP contribution in [0.4, 0.5) is 26.3 Å². The predicted octanol–water partition coefficient (Wildman–Crippen LogP) is 6.63. The van der Waals surface area contributed by atoms with E-state index in [4.69, 9.17) is 9.52 Å². The summed E-state index contributed by atoms with van der Waals surface area (Å²) in [7, 11) is 0. The maximum atomic E-state index is 12.4. The number of phenolic OH excluding ortho intramolecular Hbond substituents is 1. The Hall–Kier alpha value is -2.16. The van der Waals surface area contributed by atoms with Gasteiger partial charge < -0.3 is 9.52 Å². The van der Waals surface area contributed by atoms with Gasteiger partial charge in [-0.1, -0.05) is 6.07 Å². The number of alkyl halides is 6. The Morgan fingerprint density at radius 1 is 0.840 bits per heavy atom. The van der Waals surface area contributed by atoms with Crippen molar-refractivity contribution in [1.29, 1.82) is 0 Å². The molecule has 0 aliphatic carbocycles. The average molecular weight is 427 g/mol. The van der Waals surface area contributed by atoms with Gasteiger partial charge in [-0.3, -0.25) is 0 Å². The molecule has 9 heteroatoms. The first kappa shape index (κ1) is 19.2. The molecule has 3 aromatic rings. The fraction of sp³-hybridized carbons (Fsp3) is 0.125. The van der Waals surface area contributed by atoms with Crippen LogP contribution < -0.4 is 0 Å². The summed E-state index contributed by atoms with van der Waals surface area (Å²) in [6, 6.07) is 7.48. The number of aromatic hydroxyl groups is 1. The summed E-state index contributed by atoms with van der Waals surface area (Å²) in [6.45, 7) is 0. The monoisotopic (exact) mass is 426 g/mol. The molecular formula is C16H9BrF6O2. The molecule has 3 rings (SSSR count). The Morgan fingerprint density at radius 3 is 2.00 bits per heavy atom. The number of rotatable bonds is 0. The SMILES string of the molecule is FC(F)(F)c1cc(Br)c2occc2c1.Oc1cccc(C(F)(F)F)c1. The van der Waals surface area contributed by atoms with E-state index in [1.807, 2.05) is 0 Å². The van der Waals surface area contributed by atoms with Crippen LogP contribution in [0, 0.1) is 0 Å². The van der Waals surface area contributed by atoms with Gasteiger partial charge in [-0.25, -0.2) is 0 Å². The van der Waals surface area contributed by atoms with Gasteiger partial charge in [0.1, 0.15) is 11.3 Å². The first-order valence-corrected chi connectivity index (χ1v) is 7.38. The largest absolute Gasteiger partial charge is 0.508 e. The summed E-state index contributed by atoms with van der Waals surface area (Å²) in [5, 5.41) is 9.11. The lowest BCUT2D eigenvalue weighted by Crippen LogP contribution is -2.04. The first-order chi connectivity index (χ1) is 11.5. The van der Waals surface area contributed by atoms with E-state index >= 15 is 0 Å². The van der Waals surface area contributed by atoms with E-state index in [0.717, 1.165) is 24.3 Å². The van der Waals surface area contributed by atoms with Crippen molar-refractivity contribution in [2.45, 2.75) is 12.4 Å². The van der Waals surface area contributed by atoms with E-state index in [1.165, 1.54) is 18.4 Å². The van der Waals surface area contributed by atoms with Crippen LogP contribution in [0.25, 0.3) is 11.0 Å². The number of fused-ring (bicyclic) bond motifs is 1. The van der Waals surface area contributed by atoms with E-state index in [0.29, 0.717) is 21.5 Å². The number of hydrogen-bond acceptors (Lipinski definition) is 2. The molecule has 0 bridgehead atoms. The Kier molecular flexibility index (Phi) is 5.36. The van der Waals surface area contributed by atoms with Crippen molar-refractivity contribution in [3.8, 4) is 5.75 Å². The molecule has 2 nitrogen and oxygen atoms in total. The lowest BCUT2D eigenvalue weighted by atomic mass is 10.1. The summed E-state index contributed by atoms with van der Waals surface area (Å²) < 4.78 is 77.9. The molecule has 1 N–H and O–H groups in total. The van der Waals surface area contributed by atoms with Gasteiger partial charge in [0.25, 0.3) is 0 Å². The Balaban J connectivity index is 0.000000186. The van der Waals surface area contributed by atoms with Crippen LogP contribution in [0.5, 0.6) is 5.75 Å². The average Bonchev–Trinajstić information content (AvgIpc) is 2.95. The van der Waals surface area contributed by atoms with E-state index < -0.39 is 23.5 Å². The van der Waals surface area contributed by atoms with Crippen LogP contribution in [0.3, 0.4) is 0 Å². The van der Waals surface area contributed by atoms with Gasteiger partial charge in [0.2, 0.25) is 0 Å². The standard InChI is InChI=1S/C9H4BrF3O.C7H5F3O/c10-7-4-6(9(11,12)13)3-5-1-2-14-8(5)7;8-7(9,10)5-2-1-3-6(11)4-5/h1-4H;1-4,11H. The van der Waals surface area contributed by atoms with Gasteiger partial charge in [-0.2, -0.15) is 26.3 Å². The molecule has 0 amide bonds. The van der Waals surface area contributed by atoms with Crippen LogP contribution in [0.15, 0.2) is 57.6 Å². The van der Waals surface area contributed by atoms with Crippen molar-refractivity contribution < 1.29 is 35.9 Å². The molecule has 0 fully saturated rings. The minimum Gasteiger partial charge on any atom is -0.508 e. The summed E-state index contributed by atoms with van der Waals surface area (Å²) in [4.78, 5) is 0. The molecule has 0 spiro atoms. The van der Waals surface area contributed by atoms with Crippen LogP contribution in [0.2, 0.25) is 0 Å². The van der Waals surface area contributed by atoms with Crippen molar-refractivity contribution in [2.24, 2.45) is 0 Å². The second-order valence-electron chi connectivity index (χ2n) is 4.84. The van der Waals surface area contributed by atoms with Gasteiger partial charge in [0.05, 0.1) is 21.9 Å². The zero-order valence-electron chi connectivity index (χ0n) is 12.1. The molecule has 0 atom stereocenters. The molecule has 0 aliphatic heterocycles. The molecule has 0 unspecified atom stereocenters. The molecule has 2 aromatic carbocycles. The van der Waals surface area contributed by atoms with Crippen molar-refractivity contribution in [1.82, 2.24) is 0 Å². The zero-order chi connectivity index (χ0) is 18.8. The highest BCUT2D eigenvalue weighted by atomic mass is 79.9. The highest BCUT2D eigenvalue weighted by Crippen LogP contribution is 2.35. The maximum absolute atomic E-state index is 12.4. The van der Waals surface area contributed by atoms with E-state index in [-0.39, 0.29) is 5.75 Å². The fourth-order valence-corrected chi connectivity index (χ4v) is 2.45. The minimum absolute atomic E-state index is 0.312. The quantitative estimate of drug-likeness (QED) is 0.409. The lowest BCUT2D eigenvalue weighted by molar-refractivity contribution is -0.138. The molecule has 25 heavy (non-hydrogen) atoms.